The van der Waals surface area contributed by atoms with Crippen LogP contribution in [0.2, 0.25) is 0 Å². The second kappa shape index (κ2) is 14.2. The van der Waals surface area contributed by atoms with Crippen LogP contribution in [-0.4, -0.2) is 97.9 Å². The van der Waals surface area contributed by atoms with E-state index in [-0.39, 0.29) is 18.0 Å². The lowest BCUT2D eigenvalue weighted by Crippen LogP contribution is -2.48. The molecule has 44 heavy (non-hydrogen) atoms. The van der Waals surface area contributed by atoms with Crippen molar-refractivity contribution < 1.29 is 19.0 Å². The molecule has 1 amide bonds. The Bertz CT molecular complexity index is 1410. The van der Waals surface area contributed by atoms with Crippen molar-refractivity contribution in [3.05, 3.63) is 84.2 Å². The van der Waals surface area contributed by atoms with Crippen molar-refractivity contribution in [2.24, 2.45) is 0 Å². The molecule has 2 N–H and O–H groups in total. The number of fused-ring (bicyclic) bond motifs is 1. The fourth-order valence-corrected chi connectivity index (χ4v) is 6.43. The van der Waals surface area contributed by atoms with Crippen molar-refractivity contribution >= 4 is 17.5 Å². The Morgan fingerprint density at radius 2 is 1.73 bits per heavy atom. The molecule has 1 fully saturated rings. The number of nitrogens with zero attached hydrogens (tertiary/aromatic N) is 5. The van der Waals surface area contributed by atoms with E-state index < -0.39 is 5.41 Å². The number of aromatic nitrogens is 2. The van der Waals surface area contributed by atoms with Gasteiger partial charge in [0.05, 0.1) is 19.3 Å². The molecule has 0 radical (unpaired) electrons. The molecule has 3 aromatic rings. The highest BCUT2D eigenvalue weighted by Gasteiger charge is 2.52. The summed E-state index contributed by atoms with van der Waals surface area (Å²) in [5.41, 5.74) is 8.14. The number of carbonyl (C=O) groups excluding carboxylic acids is 1. The minimum absolute atomic E-state index is 0.0250. The van der Waals surface area contributed by atoms with Crippen molar-refractivity contribution in [1.29, 1.82) is 0 Å². The van der Waals surface area contributed by atoms with Gasteiger partial charge in [0, 0.05) is 70.0 Å². The third-order valence-electron chi connectivity index (χ3n) is 9.02. The molecule has 1 saturated heterocycles. The zero-order valence-electron chi connectivity index (χ0n) is 26.2. The summed E-state index contributed by atoms with van der Waals surface area (Å²) in [4.78, 5) is 28.8. The molecule has 2 aliphatic rings. The zero-order chi connectivity index (χ0) is 31.1. The van der Waals surface area contributed by atoms with E-state index in [4.69, 9.17) is 24.9 Å². The highest BCUT2D eigenvalue weighted by atomic mass is 16.5. The third-order valence-corrected chi connectivity index (χ3v) is 9.02. The van der Waals surface area contributed by atoms with E-state index in [1.165, 1.54) is 6.33 Å². The molecular formula is C34H44N6O4. The summed E-state index contributed by atoms with van der Waals surface area (Å²) >= 11 is 0. The number of benzene rings is 2. The van der Waals surface area contributed by atoms with Crippen LogP contribution in [0.25, 0.3) is 0 Å². The predicted molar refractivity (Wildman–Crippen MR) is 172 cm³/mol. The Labute approximate surface area is 260 Å². The first kappa shape index (κ1) is 31.4. The SMILES string of the molecule is COCCN(C/C=C/C(=O)N1CC[C@@H](N2c3ncnc(N)c3C(C)(c3ccc(Oc4ccccc4)cc3)C2C)C1)CCOC. The van der Waals surface area contributed by atoms with Gasteiger partial charge >= 0.3 is 0 Å². The summed E-state index contributed by atoms with van der Waals surface area (Å²) in [6.07, 6.45) is 6.02. The molecule has 10 nitrogen and oxygen atoms in total. The molecule has 234 valence electrons. The van der Waals surface area contributed by atoms with Crippen LogP contribution >= 0.6 is 0 Å². The Hall–Kier alpha value is -3.99. The van der Waals surface area contributed by atoms with E-state index in [1.807, 2.05) is 53.4 Å². The lowest BCUT2D eigenvalue weighted by Gasteiger charge is -2.37. The number of methoxy groups -OCH3 is 2. The number of anilines is 2. The summed E-state index contributed by atoms with van der Waals surface area (Å²) in [6, 6.07) is 18.1. The van der Waals surface area contributed by atoms with E-state index in [2.05, 4.69) is 40.8 Å². The number of ether oxygens (including phenoxy) is 3. The average Bonchev–Trinajstić information content (AvgIpc) is 3.61. The second-order valence-corrected chi connectivity index (χ2v) is 11.6. The van der Waals surface area contributed by atoms with Crippen LogP contribution in [0.5, 0.6) is 11.5 Å². The van der Waals surface area contributed by atoms with Crippen molar-refractivity contribution in [3.63, 3.8) is 0 Å². The lowest BCUT2D eigenvalue weighted by molar-refractivity contribution is -0.125. The van der Waals surface area contributed by atoms with Crippen LogP contribution in [-0.2, 0) is 19.7 Å². The van der Waals surface area contributed by atoms with E-state index in [1.54, 1.807) is 20.3 Å². The van der Waals surface area contributed by atoms with Gasteiger partial charge in [-0.3, -0.25) is 9.69 Å². The van der Waals surface area contributed by atoms with Gasteiger partial charge in [0.15, 0.2) is 0 Å². The first-order valence-corrected chi connectivity index (χ1v) is 15.2. The number of hydrogen-bond donors (Lipinski definition) is 1. The van der Waals surface area contributed by atoms with E-state index in [9.17, 15) is 4.79 Å². The third kappa shape index (κ3) is 6.57. The molecule has 10 heteroatoms. The summed E-state index contributed by atoms with van der Waals surface area (Å²) in [7, 11) is 3.38. The van der Waals surface area contributed by atoms with Gasteiger partial charge in [0.2, 0.25) is 5.91 Å². The lowest BCUT2D eigenvalue weighted by atomic mass is 9.73. The maximum absolute atomic E-state index is 13.2. The average molecular weight is 601 g/mol. The van der Waals surface area contributed by atoms with Gasteiger partial charge in [0.1, 0.15) is 29.5 Å². The van der Waals surface area contributed by atoms with Gasteiger partial charge in [-0.15, -0.1) is 0 Å². The van der Waals surface area contributed by atoms with Crippen molar-refractivity contribution in [3.8, 4) is 11.5 Å². The zero-order valence-corrected chi connectivity index (χ0v) is 26.2. The van der Waals surface area contributed by atoms with Crippen LogP contribution in [0.3, 0.4) is 0 Å². The maximum Gasteiger partial charge on any atom is 0.246 e. The number of nitrogen functional groups attached to an aromatic ring is 1. The van der Waals surface area contributed by atoms with E-state index in [0.29, 0.717) is 38.7 Å². The number of carbonyl (C=O) groups is 1. The number of likely N-dealkylation sites (tertiary alicyclic amines) is 1. The molecule has 2 aromatic carbocycles. The molecule has 0 saturated carbocycles. The topological polar surface area (TPSA) is 106 Å². The summed E-state index contributed by atoms with van der Waals surface area (Å²) in [5.74, 6) is 2.91. The van der Waals surface area contributed by atoms with Crippen molar-refractivity contribution in [1.82, 2.24) is 19.8 Å². The summed E-state index contributed by atoms with van der Waals surface area (Å²) in [5, 5.41) is 0. The van der Waals surface area contributed by atoms with Crippen LogP contribution in [0.15, 0.2) is 73.1 Å². The largest absolute Gasteiger partial charge is 0.457 e. The molecule has 0 spiro atoms. The molecule has 1 aromatic heterocycles. The Balaban J connectivity index is 1.30. The Kier molecular flexibility index (Phi) is 10.1. The highest BCUT2D eigenvalue weighted by Crippen LogP contribution is 2.51. The van der Waals surface area contributed by atoms with E-state index in [0.717, 1.165) is 48.0 Å². The minimum atomic E-state index is -0.461. The number of para-hydroxylation sites is 1. The minimum Gasteiger partial charge on any atom is -0.457 e. The quantitative estimate of drug-likeness (QED) is 0.290. The van der Waals surface area contributed by atoms with Gasteiger partial charge in [-0.25, -0.2) is 9.97 Å². The molecule has 3 atom stereocenters. The molecule has 0 bridgehead atoms. The number of hydrogen-bond acceptors (Lipinski definition) is 9. The fourth-order valence-electron chi connectivity index (χ4n) is 6.43. The van der Waals surface area contributed by atoms with E-state index >= 15 is 0 Å². The molecule has 2 unspecified atom stereocenters. The predicted octanol–water partition coefficient (Wildman–Crippen LogP) is 4.12. The maximum atomic E-state index is 13.2. The van der Waals surface area contributed by atoms with Gasteiger partial charge in [0.25, 0.3) is 0 Å². The second-order valence-electron chi connectivity index (χ2n) is 11.6. The molecule has 0 aliphatic carbocycles. The molecular weight excluding hydrogens is 556 g/mol. The van der Waals surface area contributed by atoms with Crippen molar-refractivity contribution in [2.45, 2.75) is 37.8 Å². The summed E-state index contributed by atoms with van der Waals surface area (Å²) in [6.45, 7) is 9.22. The Morgan fingerprint density at radius 1 is 1.05 bits per heavy atom. The fraction of sp³-hybridized carbons (Fsp3) is 0.441. The first-order valence-electron chi connectivity index (χ1n) is 15.2. The standard InChI is InChI=1S/C34H44N6O4/c1-25-34(2,26-12-14-29(15-13-26)44-28-9-6-5-7-10-28)31-32(35)36-24-37-33(31)40(25)27-16-18-39(23-27)30(41)11-8-17-38(19-21-42-3)20-22-43-4/h5-15,24-25,27H,16-23H2,1-4H3,(H2,35,36,37)/b11-8+/t25?,27-,34?/m1/s1. The first-order chi connectivity index (χ1) is 21.4. The van der Waals surface area contributed by atoms with Gasteiger partial charge in [-0.2, -0.15) is 0 Å². The number of nitrogens with two attached hydrogens (primary N) is 1. The Morgan fingerprint density at radius 3 is 2.41 bits per heavy atom. The van der Waals surface area contributed by atoms with Gasteiger partial charge in [-0.05, 0) is 50.1 Å². The van der Waals surface area contributed by atoms with Crippen LogP contribution in [0, 0.1) is 0 Å². The number of rotatable bonds is 13. The number of amides is 1. The van der Waals surface area contributed by atoms with Gasteiger partial charge in [-0.1, -0.05) is 36.4 Å². The molecule has 3 heterocycles. The van der Waals surface area contributed by atoms with Gasteiger partial charge < -0.3 is 29.7 Å². The smallest absolute Gasteiger partial charge is 0.246 e. The highest BCUT2D eigenvalue weighted by molar-refractivity contribution is 5.88. The van der Waals surface area contributed by atoms with Crippen LogP contribution < -0.4 is 15.4 Å². The summed E-state index contributed by atoms with van der Waals surface area (Å²) < 4.78 is 16.5. The monoisotopic (exact) mass is 600 g/mol. The molecule has 2 aliphatic heterocycles. The van der Waals surface area contributed by atoms with Crippen LogP contribution in [0.4, 0.5) is 11.6 Å². The normalized spacial score (nSPS) is 21.4. The van der Waals surface area contributed by atoms with Crippen molar-refractivity contribution in [2.75, 3.05) is 70.8 Å². The molecule has 5 rings (SSSR count). The van der Waals surface area contributed by atoms with Crippen LogP contribution in [0.1, 0.15) is 31.4 Å².